The van der Waals surface area contributed by atoms with Crippen molar-refractivity contribution in [2.24, 2.45) is 0 Å². The normalized spacial score (nSPS) is 16.5. The maximum atomic E-state index is 2.12. The molecule has 0 aromatic heterocycles. The number of anilines is 3. The van der Waals surface area contributed by atoms with E-state index in [0.29, 0.717) is 0 Å². The van der Waals surface area contributed by atoms with Crippen LogP contribution in [0.5, 0.6) is 0 Å². The minimum Gasteiger partial charge on any atom is -0.264 e. The molecule has 0 fully saturated rings. The Morgan fingerprint density at radius 3 is 0.907 bits per heavy atom. The van der Waals surface area contributed by atoms with E-state index in [0.717, 1.165) is 0 Å². The molecule has 0 aliphatic carbocycles. The zero-order valence-corrected chi connectivity index (χ0v) is 25.1. The fraction of sp³-hybridized carbons (Fsp3) is 0. The van der Waals surface area contributed by atoms with E-state index < -0.39 is 0 Å². The topological polar surface area (TPSA) is 19.4 Å². The Morgan fingerprint density at radius 1 is 0.302 bits per heavy atom. The second kappa shape index (κ2) is 12.7. The maximum Gasteiger partial charge on any atom is 2.00 e. The van der Waals surface area contributed by atoms with Crippen molar-refractivity contribution in [1.29, 1.82) is 0 Å². The van der Waals surface area contributed by atoms with Gasteiger partial charge < -0.3 is 0 Å². The molecule has 0 unspecified atom stereocenters. The summed E-state index contributed by atoms with van der Waals surface area (Å²) in [6.07, 6.45) is 37.0. The van der Waals surface area contributed by atoms with Crippen LogP contribution < -0.4 is 15.0 Å². The van der Waals surface area contributed by atoms with E-state index in [1.807, 2.05) is 55.1 Å². The van der Waals surface area contributed by atoms with Gasteiger partial charge in [0.05, 0.1) is 17.1 Å². The van der Waals surface area contributed by atoms with E-state index in [4.69, 9.17) is 0 Å². The molecule has 0 saturated carbocycles. The number of allylic oxidation sites excluding steroid dienone is 6. The molecule has 3 aromatic carbocycles. The number of benzene rings is 3. The Labute approximate surface area is 265 Å². The number of hydrazine groups is 3. The first-order chi connectivity index (χ1) is 20.8. The van der Waals surface area contributed by atoms with Gasteiger partial charge in [0, 0.05) is 72.5 Å². The molecule has 6 heterocycles. The molecule has 6 aliphatic heterocycles. The van der Waals surface area contributed by atoms with Crippen LogP contribution >= 0.6 is 0 Å². The number of fused-ring (bicyclic) bond motifs is 9. The second-order valence-corrected chi connectivity index (χ2v) is 9.85. The molecule has 0 spiro atoms. The molecule has 7 heteroatoms. The van der Waals surface area contributed by atoms with Crippen LogP contribution in [0.1, 0.15) is 16.7 Å². The number of para-hydroxylation sites is 3. The summed E-state index contributed by atoms with van der Waals surface area (Å²) in [5, 5.41) is 12.5. The minimum absolute atomic E-state index is 0. The molecular formula is C36H30N6Ru+2. The van der Waals surface area contributed by atoms with Gasteiger partial charge in [-0.3, -0.25) is 30.1 Å². The van der Waals surface area contributed by atoms with Crippen LogP contribution in [0, 0.1) is 0 Å². The van der Waals surface area contributed by atoms with Crippen LogP contribution in [0.25, 0.3) is 18.2 Å². The zero-order chi connectivity index (χ0) is 28.1. The van der Waals surface area contributed by atoms with Crippen molar-refractivity contribution in [3.05, 3.63) is 182 Å². The number of rotatable bonds is 0. The van der Waals surface area contributed by atoms with Crippen LogP contribution in [0.15, 0.2) is 165 Å². The van der Waals surface area contributed by atoms with E-state index in [9.17, 15) is 0 Å². The van der Waals surface area contributed by atoms with Crippen LogP contribution in [0.2, 0.25) is 0 Å². The molecule has 0 saturated heterocycles. The van der Waals surface area contributed by atoms with Gasteiger partial charge >= 0.3 is 19.5 Å². The predicted octanol–water partition coefficient (Wildman–Crippen LogP) is 8.20. The van der Waals surface area contributed by atoms with Crippen molar-refractivity contribution in [2.75, 3.05) is 15.0 Å². The van der Waals surface area contributed by atoms with Crippen LogP contribution in [-0.4, -0.2) is 15.0 Å². The fourth-order valence-electron chi connectivity index (χ4n) is 5.21. The van der Waals surface area contributed by atoms with Gasteiger partial charge in [0.15, 0.2) is 0 Å². The van der Waals surface area contributed by atoms with Crippen LogP contribution in [0.4, 0.5) is 17.1 Å². The van der Waals surface area contributed by atoms with Gasteiger partial charge in [0.1, 0.15) is 0 Å². The van der Waals surface area contributed by atoms with E-state index in [1.54, 1.807) is 0 Å². The standard InChI is InChI=1S/3C12H10N2.Ru/c3*1-2-6-12-11(5-1)7-10-13-8-3-4-9-14(12)13;/h3*1-10H;/q;;;+2. The molecule has 0 radical (unpaired) electrons. The summed E-state index contributed by atoms with van der Waals surface area (Å²) in [5.74, 6) is 0. The van der Waals surface area contributed by atoms with Crippen LogP contribution in [-0.2, 0) is 19.5 Å². The minimum atomic E-state index is 0. The third-order valence-corrected chi connectivity index (χ3v) is 7.25. The molecule has 0 atom stereocenters. The summed E-state index contributed by atoms with van der Waals surface area (Å²) < 4.78 is 0. The number of nitrogens with zero attached hydrogens (tertiary/aromatic N) is 6. The van der Waals surface area contributed by atoms with E-state index in [1.165, 1.54) is 33.8 Å². The molecule has 210 valence electrons. The molecule has 0 bridgehead atoms. The van der Waals surface area contributed by atoms with Crippen molar-refractivity contribution in [2.45, 2.75) is 0 Å². The zero-order valence-electron chi connectivity index (χ0n) is 23.4. The average Bonchev–Trinajstić information content (AvgIpc) is 3.09. The Hall–Kier alpha value is -5.26. The first-order valence-corrected chi connectivity index (χ1v) is 13.9. The number of hydrogen-bond donors (Lipinski definition) is 0. The van der Waals surface area contributed by atoms with Crippen molar-refractivity contribution >= 4 is 35.3 Å². The molecule has 0 amide bonds. The van der Waals surface area contributed by atoms with Crippen molar-refractivity contribution < 1.29 is 19.5 Å². The van der Waals surface area contributed by atoms with Gasteiger partial charge in [0.2, 0.25) is 0 Å². The SMILES string of the molecule is C1=CN2C=Cc3ccccc3N2C=C1.C1=CN2C=Cc3ccccc3N2C=C1.C1=CN2C=Cc3ccccc3N2C=C1.[Ru+2]. The van der Waals surface area contributed by atoms with Gasteiger partial charge in [-0.25, -0.2) is 0 Å². The van der Waals surface area contributed by atoms with Crippen molar-refractivity contribution in [3.8, 4) is 0 Å². The van der Waals surface area contributed by atoms with Gasteiger partial charge in [0.25, 0.3) is 0 Å². The van der Waals surface area contributed by atoms with Crippen LogP contribution in [0.3, 0.4) is 0 Å². The first kappa shape index (κ1) is 27.9. The molecule has 6 nitrogen and oxygen atoms in total. The summed E-state index contributed by atoms with van der Waals surface area (Å²) in [4.78, 5) is 0. The molecular weight excluding hydrogens is 618 g/mol. The Balaban J connectivity index is 0.000000113. The molecule has 43 heavy (non-hydrogen) atoms. The summed E-state index contributed by atoms with van der Waals surface area (Å²) in [7, 11) is 0. The van der Waals surface area contributed by atoms with Gasteiger partial charge in [-0.2, -0.15) is 0 Å². The van der Waals surface area contributed by atoms with E-state index >= 15 is 0 Å². The maximum absolute atomic E-state index is 2.12. The first-order valence-electron chi connectivity index (χ1n) is 13.9. The molecule has 9 rings (SSSR count). The third kappa shape index (κ3) is 5.76. The van der Waals surface area contributed by atoms with Crippen molar-refractivity contribution in [3.63, 3.8) is 0 Å². The predicted molar refractivity (Wildman–Crippen MR) is 174 cm³/mol. The molecule has 6 aliphatic rings. The summed E-state index contributed by atoms with van der Waals surface area (Å²) in [6.45, 7) is 0. The summed E-state index contributed by atoms with van der Waals surface area (Å²) in [5.41, 5.74) is 7.41. The van der Waals surface area contributed by atoms with Crippen molar-refractivity contribution in [1.82, 2.24) is 15.0 Å². The molecule has 3 aromatic rings. The largest absolute Gasteiger partial charge is 2.00 e. The van der Waals surface area contributed by atoms with E-state index in [2.05, 4.69) is 158 Å². The fourth-order valence-corrected chi connectivity index (χ4v) is 5.21. The quantitative estimate of drug-likeness (QED) is 0.228. The Kier molecular flexibility index (Phi) is 8.25. The van der Waals surface area contributed by atoms with Gasteiger partial charge in [-0.15, -0.1) is 0 Å². The average molecular weight is 648 g/mol. The van der Waals surface area contributed by atoms with Gasteiger partial charge in [-0.1, -0.05) is 54.6 Å². The Bertz CT molecular complexity index is 1540. The number of hydrogen-bond acceptors (Lipinski definition) is 6. The smallest absolute Gasteiger partial charge is 0.264 e. The molecule has 0 N–H and O–H groups in total. The second-order valence-electron chi connectivity index (χ2n) is 9.85. The monoisotopic (exact) mass is 648 g/mol. The van der Waals surface area contributed by atoms with Gasteiger partial charge in [-0.05, 0) is 72.9 Å². The van der Waals surface area contributed by atoms with E-state index in [-0.39, 0.29) is 19.5 Å². The summed E-state index contributed by atoms with van der Waals surface area (Å²) in [6, 6.07) is 25.1. The third-order valence-electron chi connectivity index (χ3n) is 7.25. The Morgan fingerprint density at radius 2 is 0.581 bits per heavy atom. The summed E-state index contributed by atoms with van der Waals surface area (Å²) >= 11 is 0.